The second-order valence-electron chi connectivity index (χ2n) is 6.59. The molecule has 0 aromatic heterocycles. The minimum absolute atomic E-state index is 0.116. The van der Waals surface area contributed by atoms with Gasteiger partial charge in [-0.15, -0.1) is 0 Å². The van der Waals surface area contributed by atoms with Crippen LogP contribution in [0.4, 0.5) is 4.79 Å². The summed E-state index contributed by atoms with van der Waals surface area (Å²) in [6.45, 7) is 2.17. The van der Waals surface area contributed by atoms with Gasteiger partial charge in [-0.3, -0.25) is 4.79 Å². The zero-order valence-electron chi connectivity index (χ0n) is 15.3. The van der Waals surface area contributed by atoms with Crippen LogP contribution in [0.5, 0.6) is 5.75 Å². The van der Waals surface area contributed by atoms with Gasteiger partial charge in [-0.05, 0) is 29.7 Å². The molecule has 0 saturated carbocycles. The number of nitrogens with zero attached hydrogens (tertiary/aromatic N) is 1. The number of halogens is 1. The number of imide groups is 1. The molecular formula is C21H22BrNO4. The highest BCUT2D eigenvalue weighted by Crippen LogP contribution is 2.30. The molecule has 1 saturated heterocycles. The molecule has 0 N–H and O–H groups in total. The Morgan fingerprint density at radius 1 is 1.22 bits per heavy atom. The van der Waals surface area contributed by atoms with Crippen LogP contribution in [0.2, 0.25) is 0 Å². The van der Waals surface area contributed by atoms with E-state index in [1.807, 2.05) is 61.5 Å². The van der Waals surface area contributed by atoms with Crippen molar-refractivity contribution in [3.63, 3.8) is 0 Å². The Hall–Kier alpha value is -2.34. The molecule has 0 radical (unpaired) electrons. The first kappa shape index (κ1) is 19.4. The first-order chi connectivity index (χ1) is 13.0. The highest BCUT2D eigenvalue weighted by molar-refractivity contribution is 9.10. The normalized spacial score (nSPS) is 18.7. The summed E-state index contributed by atoms with van der Waals surface area (Å²) in [5.41, 5.74) is 2.05. The van der Waals surface area contributed by atoms with Crippen molar-refractivity contribution in [2.45, 2.75) is 30.1 Å². The van der Waals surface area contributed by atoms with Crippen molar-refractivity contribution in [1.29, 1.82) is 0 Å². The van der Waals surface area contributed by atoms with Crippen LogP contribution in [-0.2, 0) is 16.0 Å². The maximum Gasteiger partial charge on any atom is 0.417 e. The number of carbonyl (C=O) groups is 2. The van der Waals surface area contributed by atoms with Gasteiger partial charge in [-0.2, -0.15) is 0 Å². The Labute approximate surface area is 167 Å². The van der Waals surface area contributed by atoms with Crippen LogP contribution in [-0.4, -0.2) is 41.5 Å². The summed E-state index contributed by atoms with van der Waals surface area (Å²) in [6.07, 6.45) is 0.00177. The topological polar surface area (TPSA) is 55.8 Å². The standard InChI is InChI=1S/C21H22BrNO4/c1-14(16-8-10-18(26-2)11-9-16)19(22)20(24)23-17(13-27-21(23)25)12-15-6-4-3-5-7-15/h3-11,14,17,19H,12-13H2,1-2H3/t14-,17-,19-/m1/s1. The molecule has 0 unspecified atom stereocenters. The van der Waals surface area contributed by atoms with E-state index in [1.54, 1.807) is 7.11 Å². The van der Waals surface area contributed by atoms with Crippen LogP contribution < -0.4 is 4.74 Å². The van der Waals surface area contributed by atoms with Gasteiger partial charge in [0.05, 0.1) is 13.2 Å². The molecule has 1 aliphatic rings. The van der Waals surface area contributed by atoms with E-state index in [9.17, 15) is 9.59 Å². The molecule has 5 nitrogen and oxygen atoms in total. The Bertz CT molecular complexity index is 794. The summed E-state index contributed by atoms with van der Waals surface area (Å²) in [5.74, 6) is 0.366. The third kappa shape index (κ3) is 4.33. The van der Waals surface area contributed by atoms with Gasteiger partial charge in [-0.25, -0.2) is 9.69 Å². The Kier molecular flexibility index (Phi) is 6.16. The van der Waals surface area contributed by atoms with Gasteiger partial charge >= 0.3 is 6.09 Å². The van der Waals surface area contributed by atoms with Gasteiger partial charge in [0.1, 0.15) is 17.2 Å². The van der Waals surface area contributed by atoms with Crippen LogP contribution in [0, 0.1) is 0 Å². The molecular weight excluding hydrogens is 410 g/mol. The number of benzene rings is 2. The number of rotatable bonds is 6. The molecule has 1 fully saturated rings. The lowest BCUT2D eigenvalue weighted by Crippen LogP contribution is -2.45. The number of amides is 2. The first-order valence-corrected chi connectivity index (χ1v) is 9.74. The van der Waals surface area contributed by atoms with Gasteiger partial charge in [0.15, 0.2) is 0 Å². The number of cyclic esters (lactones) is 1. The van der Waals surface area contributed by atoms with Gasteiger partial charge in [0, 0.05) is 5.92 Å². The molecule has 2 aromatic carbocycles. The molecule has 0 bridgehead atoms. The molecule has 0 spiro atoms. The maximum absolute atomic E-state index is 13.0. The van der Waals surface area contributed by atoms with E-state index in [-0.39, 0.29) is 24.5 Å². The van der Waals surface area contributed by atoms with Gasteiger partial charge in [0.2, 0.25) is 5.91 Å². The van der Waals surface area contributed by atoms with Crippen molar-refractivity contribution in [2.24, 2.45) is 0 Å². The number of hydrogen-bond donors (Lipinski definition) is 0. The highest BCUT2D eigenvalue weighted by Gasteiger charge is 2.41. The lowest BCUT2D eigenvalue weighted by molar-refractivity contribution is -0.128. The predicted molar refractivity (Wildman–Crippen MR) is 106 cm³/mol. The van der Waals surface area contributed by atoms with E-state index < -0.39 is 10.9 Å². The number of methoxy groups -OCH3 is 1. The van der Waals surface area contributed by atoms with Crippen molar-refractivity contribution in [3.8, 4) is 5.75 Å². The third-order valence-corrected chi connectivity index (χ3v) is 6.01. The maximum atomic E-state index is 13.0. The molecule has 1 heterocycles. The van der Waals surface area contributed by atoms with Gasteiger partial charge < -0.3 is 9.47 Å². The van der Waals surface area contributed by atoms with Crippen LogP contribution in [0.15, 0.2) is 54.6 Å². The summed E-state index contributed by atoms with van der Waals surface area (Å²) in [6, 6.07) is 17.1. The zero-order chi connectivity index (χ0) is 19.4. The predicted octanol–water partition coefficient (Wildman–Crippen LogP) is 4.15. The van der Waals surface area contributed by atoms with Gasteiger partial charge in [-0.1, -0.05) is 65.3 Å². The quantitative estimate of drug-likeness (QED) is 0.644. The number of alkyl halides is 1. The molecule has 3 atom stereocenters. The molecule has 1 aliphatic heterocycles. The molecule has 3 rings (SSSR count). The monoisotopic (exact) mass is 431 g/mol. The minimum atomic E-state index is -0.577. The summed E-state index contributed by atoms with van der Waals surface area (Å²) in [7, 11) is 1.61. The third-order valence-electron chi connectivity index (χ3n) is 4.83. The Morgan fingerprint density at radius 2 is 1.89 bits per heavy atom. The van der Waals surface area contributed by atoms with E-state index in [4.69, 9.17) is 9.47 Å². The average Bonchev–Trinajstić information content (AvgIpc) is 3.07. The summed E-state index contributed by atoms with van der Waals surface area (Å²) in [4.78, 5) is 26.0. The summed E-state index contributed by atoms with van der Waals surface area (Å²) < 4.78 is 10.3. The molecule has 27 heavy (non-hydrogen) atoms. The molecule has 2 aromatic rings. The minimum Gasteiger partial charge on any atom is -0.497 e. The lowest BCUT2D eigenvalue weighted by Gasteiger charge is -2.25. The lowest BCUT2D eigenvalue weighted by atomic mass is 9.96. The second-order valence-corrected chi connectivity index (χ2v) is 7.58. The van der Waals surface area contributed by atoms with Crippen LogP contribution in [0.3, 0.4) is 0 Å². The fraction of sp³-hybridized carbons (Fsp3) is 0.333. The fourth-order valence-corrected chi connectivity index (χ4v) is 3.72. The van der Waals surface area contributed by atoms with Crippen LogP contribution in [0.25, 0.3) is 0 Å². The average molecular weight is 432 g/mol. The van der Waals surface area contributed by atoms with Crippen LogP contribution >= 0.6 is 15.9 Å². The van der Waals surface area contributed by atoms with Crippen molar-refractivity contribution in [1.82, 2.24) is 4.90 Å². The fourth-order valence-electron chi connectivity index (χ4n) is 3.19. The Morgan fingerprint density at radius 3 is 2.52 bits per heavy atom. The molecule has 142 valence electrons. The van der Waals surface area contributed by atoms with E-state index in [0.29, 0.717) is 6.42 Å². The summed E-state index contributed by atoms with van der Waals surface area (Å²) in [5, 5.41) is 0. The first-order valence-electron chi connectivity index (χ1n) is 8.83. The number of carbonyl (C=O) groups excluding carboxylic acids is 2. The summed E-state index contributed by atoms with van der Waals surface area (Å²) >= 11 is 3.50. The zero-order valence-corrected chi connectivity index (χ0v) is 16.9. The van der Waals surface area contributed by atoms with Gasteiger partial charge in [0.25, 0.3) is 0 Å². The van der Waals surface area contributed by atoms with E-state index in [0.717, 1.165) is 16.9 Å². The van der Waals surface area contributed by atoms with Crippen LogP contribution in [0.1, 0.15) is 24.0 Å². The Balaban J connectivity index is 1.73. The SMILES string of the molecule is COc1ccc([C@@H](C)[C@@H](Br)C(=O)N2C(=O)OC[C@H]2Cc2ccccc2)cc1. The van der Waals surface area contributed by atoms with Crippen molar-refractivity contribution in [2.75, 3.05) is 13.7 Å². The van der Waals surface area contributed by atoms with Crippen molar-refractivity contribution in [3.05, 3.63) is 65.7 Å². The molecule has 2 amide bonds. The van der Waals surface area contributed by atoms with Crippen molar-refractivity contribution >= 4 is 27.9 Å². The number of ether oxygens (including phenoxy) is 2. The largest absolute Gasteiger partial charge is 0.497 e. The molecule has 6 heteroatoms. The second kappa shape index (κ2) is 8.57. The van der Waals surface area contributed by atoms with E-state index in [1.165, 1.54) is 4.90 Å². The van der Waals surface area contributed by atoms with Crippen molar-refractivity contribution < 1.29 is 19.1 Å². The van der Waals surface area contributed by atoms with E-state index in [2.05, 4.69) is 15.9 Å². The molecule has 0 aliphatic carbocycles. The highest BCUT2D eigenvalue weighted by atomic mass is 79.9. The smallest absolute Gasteiger partial charge is 0.417 e. The van der Waals surface area contributed by atoms with E-state index >= 15 is 0 Å². The number of hydrogen-bond acceptors (Lipinski definition) is 4.